The van der Waals surface area contributed by atoms with Gasteiger partial charge in [0, 0.05) is 0 Å². The first-order valence-electron chi connectivity index (χ1n) is 7.35. The minimum absolute atomic E-state index is 0.102. The lowest BCUT2D eigenvalue weighted by Gasteiger charge is -2.24. The monoisotopic (exact) mass is 260 g/mol. The van der Waals surface area contributed by atoms with Crippen molar-refractivity contribution in [2.45, 2.75) is 82.6 Å². The zero-order valence-corrected chi connectivity index (χ0v) is 14.8. The number of halogens is 1. The van der Waals surface area contributed by atoms with E-state index >= 15 is 0 Å². The van der Waals surface area contributed by atoms with Crippen LogP contribution < -0.4 is 0 Å². The van der Waals surface area contributed by atoms with Crippen LogP contribution in [0.1, 0.15) is 82.6 Å². The summed E-state index contributed by atoms with van der Waals surface area (Å²) >= 11 is 0. The second kappa shape index (κ2) is 16.4. The second-order valence-corrected chi connectivity index (χ2v) is 4.12. The van der Waals surface area contributed by atoms with Gasteiger partial charge in [-0.05, 0) is 29.9 Å². The number of allylic oxidation sites excluding steroid dienone is 3. The third kappa shape index (κ3) is 13.5. The van der Waals surface area contributed by atoms with Crippen LogP contribution in [0.25, 0.3) is 0 Å². The Morgan fingerprint density at radius 1 is 0.944 bits per heavy atom. The van der Waals surface area contributed by atoms with Crippen LogP contribution in [0.5, 0.6) is 0 Å². The highest BCUT2D eigenvalue weighted by atomic mass is 19.1. The second-order valence-electron chi connectivity index (χ2n) is 4.12. The van der Waals surface area contributed by atoms with Gasteiger partial charge in [-0.2, -0.15) is 0 Å². The number of hydrogen-bond donors (Lipinski definition) is 0. The van der Waals surface area contributed by atoms with Crippen molar-refractivity contribution in [1.82, 2.24) is 0 Å². The minimum atomic E-state index is -0.133. The molecule has 0 aromatic heterocycles. The molecule has 0 aromatic rings. The Labute approximate surface area is 116 Å². The predicted octanol–water partition coefficient (Wildman–Crippen LogP) is 7.32. The molecule has 18 heavy (non-hydrogen) atoms. The van der Waals surface area contributed by atoms with Crippen molar-refractivity contribution in [3.05, 3.63) is 23.6 Å². The fraction of sp³-hybridized carbons (Fsp3) is 0.765. The average Bonchev–Trinajstić information content (AvgIpc) is 2.34. The summed E-state index contributed by atoms with van der Waals surface area (Å²) in [5, 5.41) is 0. The van der Waals surface area contributed by atoms with Gasteiger partial charge in [0.1, 0.15) is 5.83 Å². The van der Waals surface area contributed by atoms with Crippen molar-refractivity contribution in [3.63, 3.8) is 0 Å². The summed E-state index contributed by atoms with van der Waals surface area (Å²) < 4.78 is 13.1. The molecule has 0 aromatic carbocycles. The molecular formula is C17H37F. The first-order chi connectivity index (χ1) is 8.30. The average molecular weight is 260 g/mol. The van der Waals surface area contributed by atoms with Gasteiger partial charge in [0.15, 0.2) is 0 Å². The van der Waals surface area contributed by atoms with Crippen LogP contribution in [0.2, 0.25) is 0 Å². The Kier molecular flexibility index (Phi) is 23.8. The molecule has 112 valence electrons. The van der Waals surface area contributed by atoms with E-state index in [2.05, 4.69) is 6.58 Å². The van der Waals surface area contributed by atoms with E-state index in [0.717, 1.165) is 17.6 Å². The quantitative estimate of drug-likeness (QED) is 0.456. The van der Waals surface area contributed by atoms with Gasteiger partial charge in [0.2, 0.25) is 0 Å². The Morgan fingerprint density at radius 3 is 1.28 bits per heavy atom. The third-order valence-electron chi connectivity index (χ3n) is 1.87. The summed E-state index contributed by atoms with van der Waals surface area (Å²) in [7, 11) is 0. The number of hydrogen-bond acceptors (Lipinski definition) is 0. The summed E-state index contributed by atoms with van der Waals surface area (Å²) in [5.74, 6) is -0.102. The van der Waals surface area contributed by atoms with E-state index in [9.17, 15) is 4.39 Å². The first kappa shape index (κ1) is 26.1. The molecule has 0 saturated heterocycles. The molecule has 0 rings (SSSR count). The summed E-state index contributed by atoms with van der Waals surface area (Å²) in [4.78, 5) is 0. The van der Waals surface area contributed by atoms with E-state index in [-0.39, 0.29) is 11.2 Å². The summed E-state index contributed by atoms with van der Waals surface area (Å²) in [6.07, 6.45) is 0.813. The van der Waals surface area contributed by atoms with Crippen LogP contribution in [-0.4, -0.2) is 0 Å². The highest BCUT2D eigenvalue weighted by molar-refractivity contribution is 5.34. The lowest BCUT2D eigenvalue weighted by molar-refractivity contribution is 0.475. The third-order valence-corrected chi connectivity index (χ3v) is 1.87. The molecule has 0 heterocycles. The van der Waals surface area contributed by atoms with E-state index in [1.807, 2.05) is 69.2 Å². The van der Waals surface area contributed by atoms with E-state index in [1.54, 1.807) is 0 Å². The zero-order chi connectivity index (χ0) is 15.9. The summed E-state index contributed by atoms with van der Waals surface area (Å²) in [5.41, 5.74) is 1.54. The Morgan fingerprint density at radius 2 is 1.22 bits per heavy atom. The van der Waals surface area contributed by atoms with Crippen LogP contribution in [0.3, 0.4) is 0 Å². The van der Waals surface area contributed by atoms with Gasteiger partial charge < -0.3 is 0 Å². The molecule has 0 spiro atoms. The van der Waals surface area contributed by atoms with Gasteiger partial charge in [-0.3, -0.25) is 0 Å². The van der Waals surface area contributed by atoms with Gasteiger partial charge >= 0.3 is 0 Å². The molecule has 0 aliphatic carbocycles. The predicted molar refractivity (Wildman–Crippen MR) is 86.7 cm³/mol. The fourth-order valence-electron chi connectivity index (χ4n) is 1.47. The van der Waals surface area contributed by atoms with Crippen LogP contribution in [0.4, 0.5) is 4.39 Å². The van der Waals surface area contributed by atoms with Crippen LogP contribution >= 0.6 is 0 Å². The SMILES string of the molecule is C=C(CC)/C(=C(\C)F)C(C)(C)C.CC.CC.CC. The van der Waals surface area contributed by atoms with Crippen molar-refractivity contribution < 1.29 is 4.39 Å². The number of rotatable bonds is 2. The maximum atomic E-state index is 13.1. The van der Waals surface area contributed by atoms with Crippen molar-refractivity contribution in [1.29, 1.82) is 0 Å². The van der Waals surface area contributed by atoms with Gasteiger partial charge in [-0.25, -0.2) is 4.39 Å². The Hall–Kier alpha value is -0.590. The Bertz CT molecular complexity index is 200. The van der Waals surface area contributed by atoms with Crippen LogP contribution in [-0.2, 0) is 0 Å². The van der Waals surface area contributed by atoms with E-state index in [4.69, 9.17) is 0 Å². The molecule has 0 nitrogen and oxygen atoms in total. The molecule has 0 aliphatic rings. The molecule has 0 fully saturated rings. The lowest BCUT2D eigenvalue weighted by Crippen LogP contribution is -2.12. The van der Waals surface area contributed by atoms with Crippen molar-refractivity contribution in [2.75, 3.05) is 0 Å². The highest BCUT2D eigenvalue weighted by Gasteiger charge is 2.21. The van der Waals surface area contributed by atoms with Crippen LogP contribution in [0, 0.1) is 5.41 Å². The normalized spacial score (nSPS) is 10.4. The highest BCUT2D eigenvalue weighted by Crippen LogP contribution is 2.34. The van der Waals surface area contributed by atoms with E-state index in [0.29, 0.717) is 0 Å². The largest absolute Gasteiger partial charge is 0.212 e. The van der Waals surface area contributed by atoms with Gasteiger partial charge in [-0.15, -0.1) is 0 Å². The Balaban J connectivity index is -0.000000141. The molecule has 0 radical (unpaired) electrons. The summed E-state index contributed by atoms with van der Waals surface area (Å²) in [6, 6.07) is 0. The first-order valence-corrected chi connectivity index (χ1v) is 7.35. The molecule has 0 bridgehead atoms. The van der Waals surface area contributed by atoms with Gasteiger partial charge in [-0.1, -0.05) is 75.8 Å². The standard InChI is InChI=1S/C11H19F.3C2H6/c1-7-8(2)10(9(3)12)11(4,5)6;3*1-2/h2,7H2,1,3-6H3;3*1-2H3/b10-9-;;;. The van der Waals surface area contributed by atoms with E-state index in [1.165, 1.54) is 6.92 Å². The topological polar surface area (TPSA) is 0 Å². The lowest BCUT2D eigenvalue weighted by atomic mass is 9.81. The van der Waals surface area contributed by atoms with Gasteiger partial charge in [0.05, 0.1) is 0 Å². The molecular weight excluding hydrogens is 223 g/mol. The fourth-order valence-corrected chi connectivity index (χ4v) is 1.47. The molecule has 0 atom stereocenters. The molecule has 0 saturated carbocycles. The van der Waals surface area contributed by atoms with Crippen LogP contribution in [0.15, 0.2) is 23.6 Å². The molecule has 0 aliphatic heterocycles. The van der Waals surface area contributed by atoms with Crippen molar-refractivity contribution in [2.24, 2.45) is 5.41 Å². The maximum Gasteiger partial charge on any atom is 0.101 e. The smallest absolute Gasteiger partial charge is 0.101 e. The maximum absolute atomic E-state index is 13.1. The van der Waals surface area contributed by atoms with Crippen molar-refractivity contribution >= 4 is 0 Å². The molecule has 1 heteroatoms. The van der Waals surface area contributed by atoms with Gasteiger partial charge in [0.25, 0.3) is 0 Å². The van der Waals surface area contributed by atoms with E-state index < -0.39 is 0 Å². The zero-order valence-electron chi connectivity index (χ0n) is 14.8. The molecule has 0 amide bonds. The minimum Gasteiger partial charge on any atom is -0.212 e. The molecule has 0 N–H and O–H groups in total. The molecule has 0 unspecified atom stereocenters. The van der Waals surface area contributed by atoms with Crippen molar-refractivity contribution in [3.8, 4) is 0 Å². The summed E-state index contributed by atoms with van der Waals surface area (Å²) in [6.45, 7) is 25.4.